The first-order valence-corrected chi connectivity index (χ1v) is 8.06. The van der Waals surface area contributed by atoms with E-state index >= 15 is 0 Å². The zero-order valence-corrected chi connectivity index (χ0v) is 13.7. The molecule has 118 valence electrons. The predicted octanol–water partition coefficient (Wildman–Crippen LogP) is 2.89. The lowest BCUT2D eigenvalue weighted by Gasteiger charge is -2.19. The van der Waals surface area contributed by atoms with Crippen molar-refractivity contribution in [2.45, 2.75) is 52.0 Å². The second-order valence-electron chi connectivity index (χ2n) is 6.05. The summed E-state index contributed by atoms with van der Waals surface area (Å²) in [6, 6.07) is 2.55. The van der Waals surface area contributed by atoms with Crippen LogP contribution in [0.1, 0.15) is 51.8 Å². The molecule has 5 heteroatoms. The standard InChI is InChI=1S/C16H28N4O/c1-5-17-14-11-15(19-16(18-14)12(2)3)21-10-8-13-7-6-9-20(13)4/h11-13H,5-10H2,1-4H3,(H,17,18,19). The Labute approximate surface area is 128 Å². The Morgan fingerprint density at radius 2 is 2.24 bits per heavy atom. The number of hydrogen-bond donors (Lipinski definition) is 1. The van der Waals surface area contributed by atoms with Gasteiger partial charge in [-0.3, -0.25) is 0 Å². The maximum Gasteiger partial charge on any atom is 0.218 e. The Balaban J connectivity index is 1.94. The zero-order valence-electron chi connectivity index (χ0n) is 13.7. The van der Waals surface area contributed by atoms with Crippen LogP contribution in [0.25, 0.3) is 0 Å². The average molecular weight is 292 g/mol. The lowest BCUT2D eigenvalue weighted by Crippen LogP contribution is -2.26. The van der Waals surface area contributed by atoms with Crippen LogP contribution in [0, 0.1) is 0 Å². The maximum absolute atomic E-state index is 5.88. The van der Waals surface area contributed by atoms with Crippen LogP contribution < -0.4 is 10.1 Å². The van der Waals surface area contributed by atoms with Gasteiger partial charge in [0.15, 0.2) is 0 Å². The summed E-state index contributed by atoms with van der Waals surface area (Å²) >= 11 is 0. The molecule has 1 atom stereocenters. The van der Waals surface area contributed by atoms with Gasteiger partial charge in [-0.15, -0.1) is 0 Å². The minimum Gasteiger partial charge on any atom is -0.477 e. The van der Waals surface area contributed by atoms with Gasteiger partial charge in [0, 0.05) is 24.6 Å². The van der Waals surface area contributed by atoms with Crippen LogP contribution in [-0.2, 0) is 0 Å². The number of nitrogens with zero attached hydrogens (tertiary/aromatic N) is 3. The summed E-state index contributed by atoms with van der Waals surface area (Å²) in [5, 5.41) is 3.24. The van der Waals surface area contributed by atoms with Gasteiger partial charge >= 0.3 is 0 Å². The van der Waals surface area contributed by atoms with Crippen molar-refractivity contribution in [3.05, 3.63) is 11.9 Å². The minimum atomic E-state index is 0.298. The number of ether oxygens (including phenoxy) is 1. The van der Waals surface area contributed by atoms with Gasteiger partial charge in [0.05, 0.1) is 6.61 Å². The predicted molar refractivity (Wildman–Crippen MR) is 86.0 cm³/mol. The van der Waals surface area contributed by atoms with Crippen molar-refractivity contribution in [1.29, 1.82) is 0 Å². The molecule has 21 heavy (non-hydrogen) atoms. The molecule has 1 saturated heterocycles. The summed E-state index contributed by atoms with van der Waals surface area (Å²) < 4.78 is 5.88. The van der Waals surface area contributed by atoms with Crippen molar-refractivity contribution in [3.63, 3.8) is 0 Å². The molecule has 0 spiro atoms. The molecule has 5 nitrogen and oxygen atoms in total. The number of anilines is 1. The van der Waals surface area contributed by atoms with Crippen molar-refractivity contribution >= 4 is 5.82 Å². The molecular formula is C16H28N4O. The smallest absolute Gasteiger partial charge is 0.218 e. The first kappa shape index (κ1) is 16.0. The van der Waals surface area contributed by atoms with Gasteiger partial charge in [-0.05, 0) is 39.8 Å². The molecule has 1 unspecified atom stereocenters. The number of aromatic nitrogens is 2. The molecule has 2 heterocycles. The van der Waals surface area contributed by atoms with E-state index in [0.29, 0.717) is 17.8 Å². The van der Waals surface area contributed by atoms with Crippen LogP contribution in [0.3, 0.4) is 0 Å². The van der Waals surface area contributed by atoms with Crippen LogP contribution in [0.2, 0.25) is 0 Å². The van der Waals surface area contributed by atoms with E-state index in [2.05, 4.69) is 48.0 Å². The highest BCUT2D eigenvalue weighted by Crippen LogP contribution is 2.21. The van der Waals surface area contributed by atoms with Crippen LogP contribution >= 0.6 is 0 Å². The highest BCUT2D eigenvalue weighted by molar-refractivity contribution is 5.38. The molecule has 0 bridgehead atoms. The third-order valence-corrected chi connectivity index (χ3v) is 3.97. The van der Waals surface area contributed by atoms with E-state index in [4.69, 9.17) is 4.74 Å². The Hall–Kier alpha value is -1.36. The van der Waals surface area contributed by atoms with Crippen LogP contribution in [-0.4, -0.2) is 47.7 Å². The summed E-state index contributed by atoms with van der Waals surface area (Å²) in [6.07, 6.45) is 3.65. The summed E-state index contributed by atoms with van der Waals surface area (Å²) in [5.74, 6) is 2.67. The van der Waals surface area contributed by atoms with E-state index in [9.17, 15) is 0 Å². The van der Waals surface area contributed by atoms with E-state index < -0.39 is 0 Å². The van der Waals surface area contributed by atoms with Gasteiger partial charge in [0.25, 0.3) is 0 Å². The fourth-order valence-electron chi connectivity index (χ4n) is 2.69. The minimum absolute atomic E-state index is 0.298. The second kappa shape index (κ2) is 7.59. The number of rotatable bonds is 7. The van der Waals surface area contributed by atoms with Crippen molar-refractivity contribution in [1.82, 2.24) is 14.9 Å². The maximum atomic E-state index is 5.88. The third-order valence-electron chi connectivity index (χ3n) is 3.97. The molecule has 0 saturated carbocycles. The first-order chi connectivity index (χ1) is 10.1. The molecular weight excluding hydrogens is 264 g/mol. The quantitative estimate of drug-likeness (QED) is 0.837. The van der Waals surface area contributed by atoms with Gasteiger partial charge in [-0.1, -0.05) is 13.8 Å². The molecule has 1 aliphatic heterocycles. The Kier molecular flexibility index (Phi) is 5.79. The van der Waals surface area contributed by atoms with E-state index in [0.717, 1.165) is 31.2 Å². The Morgan fingerprint density at radius 1 is 1.43 bits per heavy atom. The van der Waals surface area contributed by atoms with Gasteiger partial charge in [0.1, 0.15) is 11.6 Å². The monoisotopic (exact) mass is 292 g/mol. The highest BCUT2D eigenvalue weighted by atomic mass is 16.5. The van der Waals surface area contributed by atoms with Gasteiger partial charge in [-0.25, -0.2) is 4.98 Å². The molecule has 1 fully saturated rings. The lowest BCUT2D eigenvalue weighted by atomic mass is 10.1. The van der Waals surface area contributed by atoms with Crippen LogP contribution in [0.4, 0.5) is 5.82 Å². The van der Waals surface area contributed by atoms with Crippen LogP contribution in [0.15, 0.2) is 6.07 Å². The fourth-order valence-corrected chi connectivity index (χ4v) is 2.69. The fraction of sp³-hybridized carbons (Fsp3) is 0.750. The van der Waals surface area contributed by atoms with Crippen molar-refractivity contribution in [2.75, 3.05) is 32.1 Å². The van der Waals surface area contributed by atoms with Crippen molar-refractivity contribution < 1.29 is 4.74 Å². The zero-order chi connectivity index (χ0) is 15.2. The normalized spacial score (nSPS) is 19.2. The number of hydrogen-bond acceptors (Lipinski definition) is 5. The Bertz CT molecular complexity index is 450. The van der Waals surface area contributed by atoms with E-state index in [1.807, 2.05) is 6.07 Å². The molecule has 1 aliphatic rings. The third kappa shape index (κ3) is 4.56. The second-order valence-corrected chi connectivity index (χ2v) is 6.05. The summed E-state index contributed by atoms with van der Waals surface area (Å²) in [5.41, 5.74) is 0. The van der Waals surface area contributed by atoms with Gasteiger partial charge in [-0.2, -0.15) is 4.98 Å². The summed E-state index contributed by atoms with van der Waals surface area (Å²) in [7, 11) is 2.20. The molecule has 1 aromatic heterocycles. The van der Waals surface area contributed by atoms with E-state index in [1.165, 1.54) is 19.4 Å². The van der Waals surface area contributed by atoms with Crippen molar-refractivity contribution in [3.8, 4) is 5.88 Å². The molecule has 0 aromatic carbocycles. The van der Waals surface area contributed by atoms with Gasteiger partial charge in [0.2, 0.25) is 5.88 Å². The van der Waals surface area contributed by atoms with E-state index in [-0.39, 0.29) is 0 Å². The molecule has 0 radical (unpaired) electrons. The highest BCUT2D eigenvalue weighted by Gasteiger charge is 2.20. The van der Waals surface area contributed by atoms with E-state index in [1.54, 1.807) is 0 Å². The number of likely N-dealkylation sites (tertiary alicyclic amines) is 1. The lowest BCUT2D eigenvalue weighted by molar-refractivity contribution is 0.228. The molecule has 0 amide bonds. The molecule has 1 aromatic rings. The number of nitrogens with one attached hydrogen (secondary N) is 1. The first-order valence-electron chi connectivity index (χ1n) is 8.06. The Morgan fingerprint density at radius 3 is 2.86 bits per heavy atom. The van der Waals surface area contributed by atoms with Crippen molar-refractivity contribution in [2.24, 2.45) is 0 Å². The van der Waals surface area contributed by atoms with Gasteiger partial charge < -0.3 is 15.0 Å². The van der Waals surface area contributed by atoms with Crippen LogP contribution in [0.5, 0.6) is 5.88 Å². The molecule has 2 rings (SSSR count). The summed E-state index contributed by atoms with van der Waals surface area (Å²) in [6.45, 7) is 9.04. The SMILES string of the molecule is CCNc1cc(OCCC2CCCN2C)nc(C(C)C)n1. The average Bonchev–Trinajstić information content (AvgIpc) is 2.84. The summed E-state index contributed by atoms with van der Waals surface area (Å²) in [4.78, 5) is 11.4. The largest absolute Gasteiger partial charge is 0.477 e. The molecule has 0 aliphatic carbocycles. The topological polar surface area (TPSA) is 50.3 Å². The molecule has 1 N–H and O–H groups in total.